The minimum absolute atomic E-state index is 0.112. The Labute approximate surface area is 105 Å². The largest absolute Gasteiger partial charge is 0.364 e. The fourth-order valence-electron chi connectivity index (χ4n) is 1.59. The maximum atomic E-state index is 11.9. The summed E-state index contributed by atoms with van der Waals surface area (Å²) in [4.78, 5) is 26.4. The summed E-state index contributed by atoms with van der Waals surface area (Å²) in [5.41, 5.74) is 2.34. The predicted molar refractivity (Wildman–Crippen MR) is 70.9 cm³/mol. The number of amides is 1. The van der Waals surface area contributed by atoms with Crippen LogP contribution in [0.25, 0.3) is 0 Å². The van der Waals surface area contributed by atoms with Crippen molar-refractivity contribution in [1.82, 2.24) is 4.98 Å². The van der Waals surface area contributed by atoms with Gasteiger partial charge in [0.25, 0.3) is 5.91 Å². The first-order chi connectivity index (χ1) is 8.56. The zero-order valence-electron chi connectivity index (χ0n) is 10.3. The van der Waals surface area contributed by atoms with Crippen LogP contribution < -0.4 is 10.7 Å². The molecule has 4 heteroatoms. The van der Waals surface area contributed by atoms with E-state index in [9.17, 15) is 9.59 Å². The van der Waals surface area contributed by atoms with Gasteiger partial charge in [-0.15, -0.1) is 0 Å². The second-order valence-corrected chi connectivity index (χ2v) is 4.21. The molecule has 0 bridgehead atoms. The average Bonchev–Trinajstić information content (AvgIpc) is 2.32. The lowest BCUT2D eigenvalue weighted by atomic mass is 10.2. The molecule has 0 unspecified atom stereocenters. The third-order valence-electron chi connectivity index (χ3n) is 2.61. The Balaban J connectivity index is 2.22. The highest BCUT2D eigenvalue weighted by Gasteiger charge is 2.10. The summed E-state index contributed by atoms with van der Waals surface area (Å²) < 4.78 is 0. The third-order valence-corrected chi connectivity index (χ3v) is 2.61. The molecule has 2 N–H and O–H groups in total. The molecule has 0 aliphatic rings. The van der Waals surface area contributed by atoms with Gasteiger partial charge in [-0.2, -0.15) is 0 Å². The number of aromatic amines is 1. The first-order valence-corrected chi connectivity index (χ1v) is 5.63. The van der Waals surface area contributed by atoms with Gasteiger partial charge < -0.3 is 10.3 Å². The van der Waals surface area contributed by atoms with E-state index in [4.69, 9.17) is 0 Å². The Morgan fingerprint density at radius 2 is 1.83 bits per heavy atom. The van der Waals surface area contributed by atoms with Crippen molar-refractivity contribution >= 4 is 11.6 Å². The quantitative estimate of drug-likeness (QED) is 0.848. The summed E-state index contributed by atoms with van der Waals surface area (Å²) >= 11 is 0. The minimum Gasteiger partial charge on any atom is -0.364 e. The van der Waals surface area contributed by atoms with Gasteiger partial charge in [0.05, 0.1) is 0 Å². The normalized spacial score (nSPS) is 10.1. The number of nitrogens with one attached hydrogen (secondary N) is 2. The van der Waals surface area contributed by atoms with E-state index in [2.05, 4.69) is 10.3 Å². The number of aromatic nitrogens is 1. The van der Waals surface area contributed by atoms with E-state index >= 15 is 0 Å². The Morgan fingerprint density at radius 3 is 2.44 bits per heavy atom. The van der Waals surface area contributed by atoms with E-state index in [1.54, 1.807) is 19.1 Å². The smallest absolute Gasteiger partial charge is 0.261 e. The van der Waals surface area contributed by atoms with Crippen molar-refractivity contribution in [3.05, 3.63) is 63.6 Å². The number of aryl methyl sites for hydroxylation is 2. The summed E-state index contributed by atoms with van der Waals surface area (Å²) in [5.74, 6) is -0.403. The zero-order valence-corrected chi connectivity index (χ0v) is 10.3. The van der Waals surface area contributed by atoms with Gasteiger partial charge in [0.15, 0.2) is 5.43 Å². The molecule has 1 aromatic carbocycles. The lowest BCUT2D eigenvalue weighted by Gasteiger charge is -2.05. The van der Waals surface area contributed by atoms with Crippen molar-refractivity contribution in [1.29, 1.82) is 0 Å². The number of carbonyl (C=O) groups excluding carboxylic acids is 1. The molecule has 0 saturated heterocycles. The number of hydrogen-bond donors (Lipinski definition) is 2. The van der Waals surface area contributed by atoms with Crippen LogP contribution in [-0.2, 0) is 0 Å². The number of pyridine rings is 1. The number of benzene rings is 1. The molecule has 0 atom stereocenters. The van der Waals surface area contributed by atoms with Gasteiger partial charge in [-0.1, -0.05) is 17.7 Å². The Hall–Kier alpha value is -2.36. The molecular formula is C14H14N2O2. The maximum Gasteiger partial charge on any atom is 0.261 e. The van der Waals surface area contributed by atoms with Crippen molar-refractivity contribution < 1.29 is 4.79 Å². The molecule has 0 aliphatic heterocycles. The van der Waals surface area contributed by atoms with E-state index in [1.165, 1.54) is 12.3 Å². The molecule has 2 rings (SSSR count). The highest BCUT2D eigenvalue weighted by Crippen LogP contribution is 2.09. The zero-order chi connectivity index (χ0) is 13.1. The number of anilines is 1. The molecule has 4 nitrogen and oxygen atoms in total. The topological polar surface area (TPSA) is 62.0 Å². The van der Waals surface area contributed by atoms with Crippen LogP contribution in [0.3, 0.4) is 0 Å². The van der Waals surface area contributed by atoms with Crippen LogP contribution in [0.15, 0.2) is 41.3 Å². The number of H-pyrrole nitrogens is 1. The van der Waals surface area contributed by atoms with E-state index in [0.29, 0.717) is 5.69 Å². The van der Waals surface area contributed by atoms with Crippen LogP contribution in [0.5, 0.6) is 0 Å². The van der Waals surface area contributed by atoms with Gasteiger partial charge >= 0.3 is 0 Å². The standard InChI is InChI=1S/C14H14N2O2/c1-9-3-5-11(6-4-9)16-14(18)12-8-15-10(2)7-13(12)17/h3-8H,1-2H3,(H,15,17)(H,16,18). The van der Waals surface area contributed by atoms with Crippen molar-refractivity contribution in [2.24, 2.45) is 0 Å². The summed E-state index contributed by atoms with van der Waals surface area (Å²) in [5, 5.41) is 2.69. The molecule has 1 aromatic heterocycles. The summed E-state index contributed by atoms with van der Waals surface area (Å²) in [6.07, 6.45) is 1.43. The van der Waals surface area contributed by atoms with Gasteiger partial charge in [-0.3, -0.25) is 9.59 Å². The molecule has 92 valence electrons. The molecule has 0 fully saturated rings. The van der Waals surface area contributed by atoms with Gasteiger partial charge in [-0.25, -0.2) is 0 Å². The molecule has 0 aliphatic carbocycles. The predicted octanol–water partition coefficient (Wildman–Crippen LogP) is 2.24. The van der Waals surface area contributed by atoms with Crippen LogP contribution in [0.1, 0.15) is 21.6 Å². The Morgan fingerprint density at radius 1 is 1.17 bits per heavy atom. The molecule has 0 radical (unpaired) electrons. The van der Waals surface area contributed by atoms with Crippen LogP contribution >= 0.6 is 0 Å². The third kappa shape index (κ3) is 2.66. The second kappa shape index (κ2) is 4.87. The minimum atomic E-state index is -0.403. The number of rotatable bonds is 2. The molecule has 0 spiro atoms. The van der Waals surface area contributed by atoms with Crippen LogP contribution in [-0.4, -0.2) is 10.9 Å². The fraction of sp³-hybridized carbons (Fsp3) is 0.143. The number of hydrogen-bond acceptors (Lipinski definition) is 2. The van der Waals surface area contributed by atoms with E-state index in [0.717, 1.165) is 11.3 Å². The highest BCUT2D eigenvalue weighted by molar-refractivity contribution is 6.03. The maximum absolute atomic E-state index is 11.9. The summed E-state index contributed by atoms with van der Waals surface area (Å²) in [6, 6.07) is 8.80. The van der Waals surface area contributed by atoms with Gasteiger partial charge in [-0.05, 0) is 26.0 Å². The number of carbonyl (C=O) groups is 1. The lowest BCUT2D eigenvalue weighted by molar-refractivity contribution is 0.102. The van der Waals surface area contributed by atoms with Gasteiger partial charge in [0, 0.05) is 23.6 Å². The van der Waals surface area contributed by atoms with Crippen molar-refractivity contribution in [2.75, 3.05) is 5.32 Å². The van der Waals surface area contributed by atoms with Gasteiger partial charge in [0.1, 0.15) is 5.56 Å². The lowest BCUT2D eigenvalue weighted by Crippen LogP contribution is -2.21. The van der Waals surface area contributed by atoms with Crippen molar-refractivity contribution in [3.8, 4) is 0 Å². The molecule has 18 heavy (non-hydrogen) atoms. The van der Waals surface area contributed by atoms with E-state index in [1.807, 2.05) is 19.1 Å². The Bertz CT molecular complexity index is 627. The summed E-state index contributed by atoms with van der Waals surface area (Å²) in [7, 11) is 0. The van der Waals surface area contributed by atoms with Crippen molar-refractivity contribution in [2.45, 2.75) is 13.8 Å². The monoisotopic (exact) mass is 242 g/mol. The van der Waals surface area contributed by atoms with Crippen molar-refractivity contribution in [3.63, 3.8) is 0 Å². The SMILES string of the molecule is Cc1ccc(NC(=O)c2c[nH]c(C)cc2=O)cc1. The first-order valence-electron chi connectivity index (χ1n) is 5.63. The van der Waals surface area contributed by atoms with Crippen LogP contribution in [0, 0.1) is 13.8 Å². The summed E-state index contributed by atoms with van der Waals surface area (Å²) in [6.45, 7) is 3.74. The first kappa shape index (κ1) is 12.1. The second-order valence-electron chi connectivity index (χ2n) is 4.21. The van der Waals surface area contributed by atoms with E-state index in [-0.39, 0.29) is 11.0 Å². The molecule has 1 heterocycles. The molecule has 0 saturated carbocycles. The fourth-order valence-corrected chi connectivity index (χ4v) is 1.59. The average molecular weight is 242 g/mol. The highest BCUT2D eigenvalue weighted by atomic mass is 16.2. The van der Waals surface area contributed by atoms with E-state index < -0.39 is 5.91 Å². The molecule has 1 amide bonds. The van der Waals surface area contributed by atoms with Gasteiger partial charge in [0.2, 0.25) is 0 Å². The molecule has 2 aromatic rings. The molecular weight excluding hydrogens is 228 g/mol. The Kier molecular flexibility index (Phi) is 3.28. The van der Waals surface area contributed by atoms with Crippen LogP contribution in [0.4, 0.5) is 5.69 Å². The van der Waals surface area contributed by atoms with Crippen LogP contribution in [0.2, 0.25) is 0 Å².